The number of rotatable bonds is 8. The van der Waals surface area contributed by atoms with E-state index in [-0.39, 0.29) is 18.6 Å². The second-order valence-corrected chi connectivity index (χ2v) is 6.57. The summed E-state index contributed by atoms with van der Waals surface area (Å²) >= 11 is 0. The van der Waals surface area contributed by atoms with Gasteiger partial charge in [-0.25, -0.2) is 4.39 Å². The standard InChI is InChI=1S/C24H20FNO4/c25-19-11-13-20(14-12-19)26-21(27)15-16-22(28)30-24(18-9-5-2-6-10-18)23(29)17-7-3-1-4-8-17/h1-14,24H,15-16H2,(H,26,27). The Labute approximate surface area is 173 Å². The average Bonchev–Trinajstić information content (AvgIpc) is 2.78. The van der Waals surface area contributed by atoms with Crippen molar-refractivity contribution in [3.63, 3.8) is 0 Å². The average molecular weight is 405 g/mol. The molecule has 0 saturated carbocycles. The summed E-state index contributed by atoms with van der Waals surface area (Å²) in [6, 6.07) is 22.6. The van der Waals surface area contributed by atoms with E-state index in [2.05, 4.69) is 5.32 Å². The van der Waals surface area contributed by atoms with Gasteiger partial charge in [-0.2, -0.15) is 0 Å². The summed E-state index contributed by atoms with van der Waals surface area (Å²) in [7, 11) is 0. The summed E-state index contributed by atoms with van der Waals surface area (Å²) < 4.78 is 18.4. The molecule has 3 rings (SSSR count). The SMILES string of the molecule is O=C(CCC(=O)OC(C(=O)c1ccccc1)c1ccccc1)Nc1ccc(F)cc1. The molecule has 1 N–H and O–H groups in total. The normalized spacial score (nSPS) is 11.4. The van der Waals surface area contributed by atoms with E-state index in [4.69, 9.17) is 4.74 Å². The molecule has 30 heavy (non-hydrogen) atoms. The highest BCUT2D eigenvalue weighted by molar-refractivity contribution is 6.01. The first kappa shape index (κ1) is 20.9. The van der Waals surface area contributed by atoms with E-state index in [0.717, 1.165) is 0 Å². The molecule has 1 amide bonds. The molecule has 3 aromatic rings. The van der Waals surface area contributed by atoms with Crippen molar-refractivity contribution in [1.82, 2.24) is 0 Å². The topological polar surface area (TPSA) is 72.5 Å². The largest absolute Gasteiger partial charge is 0.449 e. The van der Waals surface area contributed by atoms with Gasteiger partial charge in [0.05, 0.1) is 6.42 Å². The Kier molecular flexibility index (Phi) is 7.05. The molecule has 0 aliphatic carbocycles. The quantitative estimate of drug-likeness (QED) is 0.435. The van der Waals surface area contributed by atoms with Crippen LogP contribution in [0.25, 0.3) is 0 Å². The molecule has 0 bridgehead atoms. The zero-order valence-corrected chi connectivity index (χ0v) is 16.1. The number of amides is 1. The van der Waals surface area contributed by atoms with Crippen LogP contribution in [0.3, 0.4) is 0 Å². The number of Topliss-reactive ketones (excluding diaryl/α,β-unsaturated/α-hetero) is 1. The summed E-state index contributed by atoms with van der Waals surface area (Å²) in [4.78, 5) is 37.3. The van der Waals surface area contributed by atoms with Crippen molar-refractivity contribution in [2.45, 2.75) is 18.9 Å². The van der Waals surface area contributed by atoms with Crippen molar-refractivity contribution in [2.24, 2.45) is 0 Å². The Balaban J connectivity index is 1.62. The van der Waals surface area contributed by atoms with Gasteiger partial charge in [0.15, 0.2) is 6.10 Å². The van der Waals surface area contributed by atoms with Gasteiger partial charge < -0.3 is 10.1 Å². The Hall–Kier alpha value is -3.80. The van der Waals surface area contributed by atoms with Crippen LogP contribution in [0, 0.1) is 5.82 Å². The molecule has 0 aromatic heterocycles. The van der Waals surface area contributed by atoms with E-state index < -0.39 is 23.8 Å². The first-order valence-corrected chi connectivity index (χ1v) is 9.42. The monoisotopic (exact) mass is 405 g/mol. The van der Waals surface area contributed by atoms with Crippen LogP contribution in [0.5, 0.6) is 0 Å². The van der Waals surface area contributed by atoms with Crippen molar-refractivity contribution >= 4 is 23.3 Å². The molecule has 0 fully saturated rings. The molecule has 5 nitrogen and oxygen atoms in total. The van der Waals surface area contributed by atoms with Crippen molar-refractivity contribution in [1.29, 1.82) is 0 Å². The second-order valence-electron chi connectivity index (χ2n) is 6.57. The van der Waals surface area contributed by atoms with Crippen molar-refractivity contribution < 1.29 is 23.5 Å². The van der Waals surface area contributed by atoms with Gasteiger partial charge in [0, 0.05) is 23.2 Å². The van der Waals surface area contributed by atoms with Crippen molar-refractivity contribution in [2.75, 3.05) is 5.32 Å². The minimum Gasteiger partial charge on any atom is -0.449 e. The fraction of sp³-hybridized carbons (Fsp3) is 0.125. The van der Waals surface area contributed by atoms with Gasteiger partial charge in [-0.1, -0.05) is 60.7 Å². The minimum absolute atomic E-state index is 0.128. The zero-order valence-electron chi connectivity index (χ0n) is 16.1. The van der Waals surface area contributed by atoms with Gasteiger partial charge >= 0.3 is 5.97 Å². The van der Waals surface area contributed by atoms with Crippen molar-refractivity contribution in [3.05, 3.63) is 102 Å². The Bertz CT molecular complexity index is 1000. The van der Waals surface area contributed by atoms with Gasteiger partial charge in [0.1, 0.15) is 5.82 Å². The van der Waals surface area contributed by atoms with E-state index in [9.17, 15) is 18.8 Å². The number of ether oxygens (including phenoxy) is 1. The molecule has 0 radical (unpaired) electrons. The lowest BCUT2D eigenvalue weighted by Crippen LogP contribution is -2.21. The summed E-state index contributed by atoms with van der Waals surface area (Å²) in [6.45, 7) is 0. The lowest BCUT2D eigenvalue weighted by Gasteiger charge is -2.17. The number of halogens is 1. The van der Waals surface area contributed by atoms with E-state index in [0.29, 0.717) is 16.8 Å². The molecular formula is C24H20FNO4. The van der Waals surface area contributed by atoms with Crippen LogP contribution >= 0.6 is 0 Å². The third-order valence-electron chi connectivity index (χ3n) is 4.33. The highest BCUT2D eigenvalue weighted by atomic mass is 19.1. The number of nitrogens with one attached hydrogen (secondary N) is 1. The van der Waals surface area contributed by atoms with E-state index >= 15 is 0 Å². The molecule has 1 unspecified atom stereocenters. The smallest absolute Gasteiger partial charge is 0.307 e. The number of carbonyl (C=O) groups excluding carboxylic acids is 3. The maximum Gasteiger partial charge on any atom is 0.307 e. The predicted molar refractivity (Wildman–Crippen MR) is 110 cm³/mol. The van der Waals surface area contributed by atoms with Gasteiger partial charge in [0.2, 0.25) is 11.7 Å². The summed E-state index contributed by atoms with van der Waals surface area (Å²) in [6.07, 6.45) is -1.42. The Morgan fingerprint density at radius 3 is 2.03 bits per heavy atom. The lowest BCUT2D eigenvalue weighted by atomic mass is 10.00. The maximum atomic E-state index is 12.9. The molecule has 0 saturated heterocycles. The van der Waals surface area contributed by atoms with Gasteiger partial charge in [-0.05, 0) is 24.3 Å². The van der Waals surface area contributed by atoms with Gasteiger partial charge in [0.25, 0.3) is 0 Å². The van der Waals surface area contributed by atoms with Crippen LogP contribution in [0.4, 0.5) is 10.1 Å². The maximum absolute atomic E-state index is 12.9. The summed E-state index contributed by atoms with van der Waals surface area (Å²) in [5.74, 6) is -1.83. The molecule has 3 aromatic carbocycles. The van der Waals surface area contributed by atoms with Crippen LogP contribution in [-0.2, 0) is 14.3 Å². The molecule has 0 aliphatic heterocycles. The molecule has 152 valence electrons. The molecule has 0 aliphatic rings. The third kappa shape index (κ3) is 5.85. The van der Waals surface area contributed by atoms with E-state index in [1.54, 1.807) is 60.7 Å². The highest BCUT2D eigenvalue weighted by Crippen LogP contribution is 2.23. The third-order valence-corrected chi connectivity index (χ3v) is 4.33. The Morgan fingerprint density at radius 2 is 1.40 bits per heavy atom. The van der Waals surface area contributed by atoms with Crippen LogP contribution in [0.2, 0.25) is 0 Å². The molecule has 1 atom stereocenters. The number of anilines is 1. The predicted octanol–water partition coefficient (Wildman–Crippen LogP) is 4.71. The Morgan fingerprint density at radius 1 is 0.800 bits per heavy atom. The minimum atomic E-state index is -1.10. The fourth-order valence-corrected chi connectivity index (χ4v) is 2.82. The van der Waals surface area contributed by atoms with Crippen LogP contribution in [-0.4, -0.2) is 17.7 Å². The lowest BCUT2D eigenvalue weighted by molar-refractivity contribution is -0.148. The van der Waals surface area contributed by atoms with Crippen LogP contribution in [0.1, 0.15) is 34.9 Å². The second kappa shape index (κ2) is 10.1. The number of benzene rings is 3. The number of carbonyl (C=O) groups is 3. The first-order chi connectivity index (χ1) is 14.5. The van der Waals surface area contributed by atoms with E-state index in [1.807, 2.05) is 0 Å². The zero-order chi connectivity index (χ0) is 21.3. The summed E-state index contributed by atoms with van der Waals surface area (Å²) in [5, 5.41) is 2.58. The number of hydrogen-bond donors (Lipinski definition) is 1. The number of hydrogen-bond acceptors (Lipinski definition) is 4. The van der Waals surface area contributed by atoms with Gasteiger partial charge in [-0.3, -0.25) is 14.4 Å². The van der Waals surface area contributed by atoms with Crippen molar-refractivity contribution in [3.8, 4) is 0 Å². The van der Waals surface area contributed by atoms with Crippen LogP contribution < -0.4 is 5.32 Å². The van der Waals surface area contributed by atoms with E-state index in [1.165, 1.54) is 24.3 Å². The molecule has 0 spiro atoms. The van der Waals surface area contributed by atoms with Gasteiger partial charge in [-0.15, -0.1) is 0 Å². The molecule has 6 heteroatoms. The van der Waals surface area contributed by atoms with Crippen LogP contribution in [0.15, 0.2) is 84.9 Å². The highest BCUT2D eigenvalue weighted by Gasteiger charge is 2.26. The molecular weight excluding hydrogens is 385 g/mol. The fourth-order valence-electron chi connectivity index (χ4n) is 2.82. The number of esters is 1. The first-order valence-electron chi connectivity index (χ1n) is 9.42. The molecule has 0 heterocycles. The summed E-state index contributed by atoms with van der Waals surface area (Å²) in [5.41, 5.74) is 1.40. The number of ketones is 1.